The summed E-state index contributed by atoms with van der Waals surface area (Å²) in [6.07, 6.45) is 1.87. The van der Waals surface area contributed by atoms with Crippen LogP contribution in [0, 0.1) is 5.82 Å². The second-order valence-electron chi connectivity index (χ2n) is 5.05. The van der Waals surface area contributed by atoms with Gasteiger partial charge in [0, 0.05) is 23.3 Å². The van der Waals surface area contributed by atoms with Crippen molar-refractivity contribution in [1.29, 1.82) is 0 Å². The van der Waals surface area contributed by atoms with E-state index < -0.39 is 5.82 Å². The van der Waals surface area contributed by atoms with E-state index in [1.54, 1.807) is 24.3 Å². The van der Waals surface area contributed by atoms with Crippen molar-refractivity contribution in [3.8, 4) is 0 Å². The Hall–Kier alpha value is -1.62. The predicted molar refractivity (Wildman–Crippen MR) is 86.3 cm³/mol. The van der Waals surface area contributed by atoms with Crippen LogP contribution < -0.4 is 4.90 Å². The fraction of sp³-hybridized carbons (Fsp3) is 0.312. The van der Waals surface area contributed by atoms with E-state index >= 15 is 0 Å². The van der Waals surface area contributed by atoms with Gasteiger partial charge in [-0.3, -0.25) is 4.79 Å². The number of carbonyl (C=O) groups excluding carboxylic acids is 1. The minimum atomic E-state index is -0.394. The molecule has 0 saturated carbocycles. The average Bonchev–Trinajstić information content (AvgIpc) is 2.84. The molecular formula is C16H18BrFN2O. The summed E-state index contributed by atoms with van der Waals surface area (Å²) in [5.74, 6) is -0.601. The van der Waals surface area contributed by atoms with Gasteiger partial charge in [0.2, 0.25) is 0 Å². The number of anilines is 1. The molecule has 0 bridgehead atoms. The Morgan fingerprint density at radius 3 is 2.62 bits per heavy atom. The first-order valence-corrected chi connectivity index (χ1v) is 7.68. The Labute approximate surface area is 132 Å². The number of benzene rings is 1. The molecule has 0 spiro atoms. The number of para-hydroxylation sites is 1. The van der Waals surface area contributed by atoms with Crippen molar-refractivity contribution in [2.75, 3.05) is 11.4 Å². The van der Waals surface area contributed by atoms with Crippen LogP contribution in [0.2, 0.25) is 0 Å². The molecule has 1 aromatic heterocycles. The largest absolute Gasteiger partial charge is 0.340 e. The molecule has 0 unspecified atom stereocenters. The van der Waals surface area contributed by atoms with Crippen molar-refractivity contribution in [3.63, 3.8) is 0 Å². The number of aromatic nitrogens is 1. The first-order valence-electron chi connectivity index (χ1n) is 6.89. The van der Waals surface area contributed by atoms with Gasteiger partial charge in [-0.2, -0.15) is 0 Å². The van der Waals surface area contributed by atoms with Crippen molar-refractivity contribution < 1.29 is 9.18 Å². The highest BCUT2D eigenvalue weighted by Crippen LogP contribution is 2.25. The van der Waals surface area contributed by atoms with Crippen molar-refractivity contribution >= 4 is 27.5 Å². The lowest BCUT2D eigenvalue weighted by Crippen LogP contribution is -2.33. The second kappa shape index (κ2) is 6.43. The van der Waals surface area contributed by atoms with Gasteiger partial charge in [-0.15, -0.1) is 0 Å². The molecule has 0 radical (unpaired) electrons. The monoisotopic (exact) mass is 352 g/mol. The van der Waals surface area contributed by atoms with Gasteiger partial charge in [-0.1, -0.05) is 12.1 Å². The van der Waals surface area contributed by atoms with Crippen LogP contribution in [-0.4, -0.2) is 17.0 Å². The van der Waals surface area contributed by atoms with Gasteiger partial charge in [0.15, 0.2) is 0 Å². The highest BCUT2D eigenvalue weighted by Gasteiger charge is 2.23. The van der Waals surface area contributed by atoms with Crippen molar-refractivity contribution in [3.05, 3.63) is 52.5 Å². The van der Waals surface area contributed by atoms with E-state index in [9.17, 15) is 9.18 Å². The topological polar surface area (TPSA) is 25.2 Å². The first kappa shape index (κ1) is 15.8. The van der Waals surface area contributed by atoms with E-state index in [4.69, 9.17) is 0 Å². The van der Waals surface area contributed by atoms with E-state index in [1.807, 2.05) is 31.5 Å². The van der Waals surface area contributed by atoms with E-state index in [-0.39, 0.29) is 11.9 Å². The molecular weight excluding hydrogens is 335 g/mol. The van der Waals surface area contributed by atoms with E-state index in [0.717, 1.165) is 4.47 Å². The lowest BCUT2D eigenvalue weighted by atomic mass is 10.2. The second-order valence-corrected chi connectivity index (χ2v) is 5.96. The minimum Gasteiger partial charge on any atom is -0.340 e. The molecule has 2 rings (SSSR count). The molecule has 1 amide bonds. The van der Waals surface area contributed by atoms with Crippen molar-refractivity contribution in [2.24, 2.45) is 0 Å². The number of hydrogen-bond acceptors (Lipinski definition) is 1. The van der Waals surface area contributed by atoms with Gasteiger partial charge in [0.1, 0.15) is 11.5 Å². The molecule has 0 fully saturated rings. The molecule has 5 heteroatoms. The average molecular weight is 353 g/mol. The summed E-state index contributed by atoms with van der Waals surface area (Å²) in [5.41, 5.74) is 0.847. The number of nitrogens with zero attached hydrogens (tertiary/aromatic N) is 2. The Morgan fingerprint density at radius 1 is 1.38 bits per heavy atom. The lowest BCUT2D eigenvalue weighted by Gasteiger charge is -2.23. The maximum atomic E-state index is 14.0. The Bertz CT molecular complexity index is 651. The van der Waals surface area contributed by atoms with Crippen LogP contribution in [0.1, 0.15) is 37.3 Å². The van der Waals surface area contributed by atoms with Crippen LogP contribution in [0.3, 0.4) is 0 Å². The summed E-state index contributed by atoms with van der Waals surface area (Å²) in [6, 6.07) is 8.24. The van der Waals surface area contributed by atoms with Gasteiger partial charge in [0.25, 0.3) is 5.91 Å². The number of amides is 1. The van der Waals surface area contributed by atoms with Gasteiger partial charge in [-0.25, -0.2) is 4.39 Å². The van der Waals surface area contributed by atoms with Crippen LogP contribution >= 0.6 is 15.9 Å². The Morgan fingerprint density at radius 2 is 2.05 bits per heavy atom. The van der Waals surface area contributed by atoms with Crippen LogP contribution in [-0.2, 0) is 0 Å². The summed E-state index contributed by atoms with van der Waals surface area (Å²) in [7, 11) is 0. The highest BCUT2D eigenvalue weighted by atomic mass is 79.9. The molecule has 0 saturated heterocycles. The Kier molecular flexibility index (Phi) is 4.83. The number of rotatable bonds is 4. The quantitative estimate of drug-likeness (QED) is 0.786. The molecule has 0 aliphatic heterocycles. The molecule has 0 aliphatic carbocycles. The molecule has 2 aromatic rings. The molecule has 3 nitrogen and oxygen atoms in total. The van der Waals surface area contributed by atoms with Crippen LogP contribution in [0.15, 0.2) is 41.0 Å². The number of carbonyl (C=O) groups is 1. The van der Waals surface area contributed by atoms with Crippen molar-refractivity contribution in [1.82, 2.24) is 4.57 Å². The van der Waals surface area contributed by atoms with E-state index in [0.29, 0.717) is 17.9 Å². The first-order chi connectivity index (χ1) is 9.95. The summed E-state index contributed by atoms with van der Waals surface area (Å²) in [4.78, 5) is 14.2. The van der Waals surface area contributed by atoms with Crippen LogP contribution in [0.5, 0.6) is 0 Å². The minimum absolute atomic E-state index is 0.148. The smallest absolute Gasteiger partial charge is 0.275 e. The van der Waals surface area contributed by atoms with Gasteiger partial charge < -0.3 is 9.47 Å². The molecule has 21 heavy (non-hydrogen) atoms. The zero-order chi connectivity index (χ0) is 15.6. The Balaban J connectivity index is 2.44. The predicted octanol–water partition coefficient (Wildman–Crippen LogP) is 4.64. The molecule has 0 atom stereocenters. The fourth-order valence-electron chi connectivity index (χ4n) is 2.28. The lowest BCUT2D eigenvalue weighted by molar-refractivity contribution is 0.0977. The number of hydrogen-bond donors (Lipinski definition) is 0. The zero-order valence-corrected chi connectivity index (χ0v) is 13.9. The standard InChI is InChI=1S/C16H18BrFN2O/c1-4-19(14-8-6-5-7-13(14)18)16(21)15-9-12(17)10-20(15)11(2)3/h5-11H,4H2,1-3H3. The summed E-state index contributed by atoms with van der Waals surface area (Å²) in [6.45, 7) is 6.24. The van der Waals surface area contributed by atoms with Crippen LogP contribution in [0.4, 0.5) is 10.1 Å². The SMILES string of the molecule is CCN(C(=O)c1cc(Br)cn1C(C)C)c1ccccc1F. The number of halogens is 2. The van der Waals surface area contributed by atoms with E-state index in [1.165, 1.54) is 11.0 Å². The van der Waals surface area contributed by atoms with Crippen LogP contribution in [0.25, 0.3) is 0 Å². The normalized spacial score (nSPS) is 11.0. The van der Waals surface area contributed by atoms with Gasteiger partial charge in [0.05, 0.1) is 5.69 Å². The maximum Gasteiger partial charge on any atom is 0.275 e. The fourth-order valence-corrected chi connectivity index (χ4v) is 2.71. The highest BCUT2D eigenvalue weighted by molar-refractivity contribution is 9.10. The summed E-state index contributed by atoms with van der Waals surface area (Å²) >= 11 is 3.40. The molecule has 0 aliphatic rings. The third-order valence-corrected chi connectivity index (χ3v) is 3.73. The summed E-state index contributed by atoms with van der Waals surface area (Å²) < 4.78 is 16.7. The molecule has 1 heterocycles. The third kappa shape index (κ3) is 3.18. The third-order valence-electron chi connectivity index (χ3n) is 3.30. The molecule has 0 N–H and O–H groups in total. The maximum absolute atomic E-state index is 14.0. The summed E-state index contributed by atoms with van der Waals surface area (Å²) in [5, 5.41) is 0. The van der Waals surface area contributed by atoms with Crippen molar-refractivity contribution in [2.45, 2.75) is 26.8 Å². The zero-order valence-electron chi connectivity index (χ0n) is 12.3. The van der Waals surface area contributed by atoms with Gasteiger partial charge in [-0.05, 0) is 54.9 Å². The molecule has 1 aromatic carbocycles. The molecule has 112 valence electrons. The van der Waals surface area contributed by atoms with E-state index in [2.05, 4.69) is 15.9 Å². The van der Waals surface area contributed by atoms with Gasteiger partial charge >= 0.3 is 0 Å².